The van der Waals surface area contributed by atoms with Crippen molar-refractivity contribution in [1.29, 1.82) is 0 Å². The molecule has 2 atom stereocenters. The zero-order valence-electron chi connectivity index (χ0n) is 14.6. The zero-order valence-corrected chi connectivity index (χ0v) is 17.8. The quantitative estimate of drug-likeness (QED) is 0.369. The van der Waals surface area contributed by atoms with E-state index in [0.717, 1.165) is 0 Å². The van der Waals surface area contributed by atoms with Gasteiger partial charge in [0.2, 0.25) is 11.0 Å². The number of ketones is 1. The molecule has 3 rings (SSSR count). The van der Waals surface area contributed by atoms with Gasteiger partial charge in [-0.2, -0.15) is 0 Å². The summed E-state index contributed by atoms with van der Waals surface area (Å²) in [4.78, 5) is 24.6. The predicted octanol–water partition coefficient (Wildman–Crippen LogP) is 5.04. The maximum atomic E-state index is 12.5. The predicted molar refractivity (Wildman–Crippen MR) is 111 cm³/mol. The molecule has 9 heteroatoms. The molecule has 0 bridgehead atoms. The number of allylic oxidation sites excluding steroid dienone is 1. The summed E-state index contributed by atoms with van der Waals surface area (Å²) >= 11 is 14.0. The molecule has 0 spiro atoms. The van der Waals surface area contributed by atoms with Gasteiger partial charge in [-0.1, -0.05) is 90.5 Å². The van der Waals surface area contributed by atoms with E-state index in [1.807, 2.05) is 32.0 Å². The smallest absolute Gasteiger partial charge is 0.230 e. The molecule has 1 amide bonds. The van der Waals surface area contributed by atoms with E-state index in [9.17, 15) is 9.59 Å². The molecule has 1 N–H and O–H groups in total. The molecule has 1 aliphatic rings. The number of hydrogen-bond donors (Lipinski definition) is 1. The molecule has 1 saturated carbocycles. The SMILES string of the molecule is CC1(C)[C@@H](C=C(Cl)Cl)[C@@H]1C(=O)Nc1nnc(SCC(=O)c2ccccc2)s1. The van der Waals surface area contributed by atoms with Crippen molar-refractivity contribution in [2.75, 3.05) is 11.1 Å². The number of carbonyl (C=O) groups excluding carboxylic acids is 2. The van der Waals surface area contributed by atoms with E-state index in [1.54, 1.807) is 18.2 Å². The summed E-state index contributed by atoms with van der Waals surface area (Å²) in [6, 6.07) is 9.09. The van der Waals surface area contributed by atoms with Crippen molar-refractivity contribution in [3.63, 3.8) is 0 Å². The molecule has 1 aromatic carbocycles. The third-order valence-corrected chi connectivity index (χ3v) is 6.78. The van der Waals surface area contributed by atoms with E-state index < -0.39 is 0 Å². The van der Waals surface area contributed by atoms with Crippen LogP contribution in [0.3, 0.4) is 0 Å². The van der Waals surface area contributed by atoms with Crippen LogP contribution in [0.4, 0.5) is 5.13 Å². The van der Waals surface area contributed by atoms with Crippen LogP contribution in [0.15, 0.2) is 45.2 Å². The van der Waals surface area contributed by atoms with Crippen molar-refractivity contribution in [1.82, 2.24) is 10.2 Å². The summed E-state index contributed by atoms with van der Waals surface area (Å²) in [5.41, 5.74) is 0.458. The molecule has 0 saturated heterocycles. The number of hydrogen-bond acceptors (Lipinski definition) is 6. The maximum absolute atomic E-state index is 12.5. The Hall–Kier alpha value is -1.41. The number of anilines is 1. The molecule has 142 valence electrons. The Labute approximate surface area is 175 Å². The molecule has 1 aliphatic carbocycles. The Morgan fingerprint density at radius 2 is 1.96 bits per heavy atom. The maximum Gasteiger partial charge on any atom is 0.230 e. The number of benzene rings is 1. The molecule has 0 unspecified atom stereocenters. The lowest BCUT2D eigenvalue weighted by Crippen LogP contribution is -2.16. The van der Waals surface area contributed by atoms with Gasteiger partial charge in [0.15, 0.2) is 10.1 Å². The summed E-state index contributed by atoms with van der Waals surface area (Å²) in [7, 11) is 0. The second-order valence-corrected chi connectivity index (χ2v) is 9.93. The lowest BCUT2D eigenvalue weighted by molar-refractivity contribution is -0.118. The largest absolute Gasteiger partial charge is 0.300 e. The van der Waals surface area contributed by atoms with Crippen molar-refractivity contribution in [3.05, 3.63) is 46.5 Å². The first-order chi connectivity index (χ1) is 12.8. The van der Waals surface area contributed by atoms with Gasteiger partial charge in [-0.25, -0.2) is 0 Å². The summed E-state index contributed by atoms with van der Waals surface area (Å²) in [5.74, 6) is -0.0707. The molecule has 1 aromatic heterocycles. The highest BCUT2D eigenvalue weighted by Crippen LogP contribution is 2.60. The van der Waals surface area contributed by atoms with Gasteiger partial charge in [0, 0.05) is 5.56 Å². The first-order valence-corrected chi connectivity index (χ1v) is 10.7. The third-order valence-electron chi connectivity index (χ3n) is 4.56. The van der Waals surface area contributed by atoms with Crippen molar-refractivity contribution < 1.29 is 9.59 Å². The number of rotatable bonds is 7. The van der Waals surface area contributed by atoms with Gasteiger partial charge in [-0.3, -0.25) is 9.59 Å². The van der Waals surface area contributed by atoms with Crippen LogP contribution in [0.1, 0.15) is 24.2 Å². The van der Waals surface area contributed by atoms with E-state index in [2.05, 4.69) is 15.5 Å². The lowest BCUT2D eigenvalue weighted by Gasteiger charge is -2.01. The monoisotopic (exact) mass is 441 g/mol. The van der Waals surface area contributed by atoms with Crippen molar-refractivity contribution in [3.8, 4) is 0 Å². The van der Waals surface area contributed by atoms with Crippen LogP contribution >= 0.6 is 46.3 Å². The number of aromatic nitrogens is 2. The lowest BCUT2D eigenvalue weighted by atomic mass is 10.1. The minimum absolute atomic E-state index is 0.00670. The average molecular weight is 442 g/mol. The highest BCUT2D eigenvalue weighted by Gasteiger charge is 2.60. The standard InChI is InChI=1S/C18H17Cl2N3O2S2/c1-18(2)11(8-13(19)20)14(18)15(25)21-16-22-23-17(27-16)26-9-12(24)10-6-4-3-5-7-10/h3-8,11,14H,9H2,1-2H3,(H,21,22,25)/t11-,14+/m0/s1. The van der Waals surface area contributed by atoms with Gasteiger partial charge >= 0.3 is 0 Å². The van der Waals surface area contributed by atoms with Gasteiger partial charge in [-0.05, 0) is 17.4 Å². The van der Waals surface area contributed by atoms with Crippen molar-refractivity contribution >= 4 is 63.1 Å². The van der Waals surface area contributed by atoms with Crippen LogP contribution < -0.4 is 5.32 Å². The normalized spacial score (nSPS) is 20.0. The van der Waals surface area contributed by atoms with Crippen LogP contribution in [0.2, 0.25) is 0 Å². The van der Waals surface area contributed by atoms with Crippen LogP contribution in [0, 0.1) is 17.3 Å². The molecule has 0 aliphatic heterocycles. The Morgan fingerprint density at radius 1 is 1.26 bits per heavy atom. The van der Waals surface area contributed by atoms with Crippen LogP contribution in [-0.2, 0) is 4.79 Å². The number of nitrogens with zero attached hydrogens (tertiary/aromatic N) is 2. The third kappa shape index (κ3) is 4.90. The van der Waals surface area contributed by atoms with Gasteiger partial charge < -0.3 is 5.32 Å². The zero-order chi connectivity index (χ0) is 19.6. The van der Waals surface area contributed by atoms with Gasteiger partial charge in [0.1, 0.15) is 4.49 Å². The fourth-order valence-electron chi connectivity index (χ4n) is 2.96. The van der Waals surface area contributed by atoms with Crippen molar-refractivity contribution in [2.24, 2.45) is 17.3 Å². The molecule has 27 heavy (non-hydrogen) atoms. The Morgan fingerprint density at radius 3 is 2.63 bits per heavy atom. The molecular weight excluding hydrogens is 425 g/mol. The number of amides is 1. The minimum Gasteiger partial charge on any atom is -0.300 e. The van der Waals surface area contributed by atoms with E-state index in [4.69, 9.17) is 23.2 Å². The first-order valence-electron chi connectivity index (χ1n) is 8.17. The van der Waals surface area contributed by atoms with Crippen LogP contribution in [-0.4, -0.2) is 27.6 Å². The van der Waals surface area contributed by atoms with Crippen LogP contribution in [0.5, 0.6) is 0 Å². The summed E-state index contributed by atoms with van der Waals surface area (Å²) in [5, 5.41) is 11.2. The van der Waals surface area contributed by atoms with Gasteiger partial charge in [0.05, 0.1) is 11.7 Å². The average Bonchev–Trinajstić information content (AvgIpc) is 2.94. The topological polar surface area (TPSA) is 72.0 Å². The summed E-state index contributed by atoms with van der Waals surface area (Å²) in [6.45, 7) is 3.98. The number of Topliss-reactive ketones (excluding diaryl/α,β-unsaturated/α-hetero) is 1. The number of nitrogens with one attached hydrogen (secondary N) is 1. The molecule has 1 fully saturated rings. The van der Waals surface area contributed by atoms with Gasteiger partial charge in [-0.15, -0.1) is 10.2 Å². The second-order valence-electron chi connectivity index (χ2n) is 6.72. The van der Waals surface area contributed by atoms with E-state index in [1.165, 1.54) is 23.1 Å². The number of thioether (sulfide) groups is 1. The number of halogens is 2. The minimum atomic E-state index is -0.218. The fraction of sp³-hybridized carbons (Fsp3) is 0.333. The molecule has 1 heterocycles. The molecule has 0 radical (unpaired) electrons. The first kappa shape index (κ1) is 20.3. The fourth-order valence-corrected chi connectivity index (χ4v) is 4.88. The number of carbonyl (C=O) groups is 2. The van der Waals surface area contributed by atoms with E-state index in [0.29, 0.717) is 15.0 Å². The summed E-state index contributed by atoms with van der Waals surface area (Å²) in [6.07, 6.45) is 1.70. The second kappa shape index (κ2) is 8.31. The highest BCUT2D eigenvalue weighted by atomic mass is 35.5. The summed E-state index contributed by atoms with van der Waals surface area (Å²) < 4.78 is 0.797. The molecule has 5 nitrogen and oxygen atoms in total. The van der Waals surface area contributed by atoms with E-state index in [-0.39, 0.29) is 39.2 Å². The molecular formula is C18H17Cl2N3O2S2. The van der Waals surface area contributed by atoms with E-state index >= 15 is 0 Å². The Balaban J connectivity index is 1.55. The van der Waals surface area contributed by atoms with Gasteiger partial charge in [0.25, 0.3) is 0 Å². The Bertz CT molecular complexity index is 880. The van der Waals surface area contributed by atoms with Crippen LogP contribution in [0.25, 0.3) is 0 Å². The Kier molecular flexibility index (Phi) is 6.25. The van der Waals surface area contributed by atoms with Crippen molar-refractivity contribution in [2.45, 2.75) is 18.2 Å². The molecule has 2 aromatic rings. The highest BCUT2D eigenvalue weighted by molar-refractivity contribution is 8.01.